The maximum Gasteiger partial charge on any atom is 0.248 e. The van der Waals surface area contributed by atoms with E-state index >= 15 is 0 Å². The number of anilines is 2. The molecule has 0 heterocycles. The summed E-state index contributed by atoms with van der Waals surface area (Å²) in [5.41, 5.74) is 6.38. The number of benzene rings is 2. The van der Waals surface area contributed by atoms with E-state index in [9.17, 15) is 18.0 Å². The standard InChI is InChI=1S/C15H11F3N2O/c16-11-7-13(18)14(8-12(11)17)20-15(21)6-3-9-1-4-10(19)5-2-9/h1-8H,19H2,(H,20,21)/b6-3+. The van der Waals surface area contributed by atoms with E-state index in [-0.39, 0.29) is 0 Å². The SMILES string of the molecule is Nc1ccc(/C=C/C(=O)Nc2cc(F)c(F)cc2F)cc1. The molecule has 0 aliphatic rings. The van der Waals surface area contributed by atoms with Crippen LogP contribution in [0.15, 0.2) is 42.5 Å². The molecule has 2 aromatic rings. The van der Waals surface area contributed by atoms with Crippen LogP contribution in [0.25, 0.3) is 6.08 Å². The van der Waals surface area contributed by atoms with E-state index in [4.69, 9.17) is 5.73 Å². The number of nitrogen functional groups attached to an aromatic ring is 1. The van der Waals surface area contributed by atoms with Crippen LogP contribution in [0.4, 0.5) is 24.5 Å². The second-order valence-electron chi connectivity index (χ2n) is 4.24. The van der Waals surface area contributed by atoms with Crippen LogP contribution in [0.5, 0.6) is 0 Å². The molecule has 3 nitrogen and oxygen atoms in total. The fraction of sp³-hybridized carbons (Fsp3) is 0. The molecule has 0 aliphatic heterocycles. The lowest BCUT2D eigenvalue weighted by molar-refractivity contribution is -0.111. The maximum atomic E-state index is 13.3. The number of amides is 1. The lowest BCUT2D eigenvalue weighted by atomic mass is 10.2. The highest BCUT2D eigenvalue weighted by Crippen LogP contribution is 2.18. The van der Waals surface area contributed by atoms with Crippen molar-refractivity contribution >= 4 is 23.4 Å². The van der Waals surface area contributed by atoms with Gasteiger partial charge in [-0.05, 0) is 23.8 Å². The molecular weight excluding hydrogens is 281 g/mol. The summed E-state index contributed by atoms with van der Waals surface area (Å²) in [7, 11) is 0. The monoisotopic (exact) mass is 292 g/mol. The van der Waals surface area contributed by atoms with E-state index in [0.717, 1.165) is 6.08 Å². The van der Waals surface area contributed by atoms with Crippen molar-refractivity contribution in [2.24, 2.45) is 0 Å². The van der Waals surface area contributed by atoms with Gasteiger partial charge in [-0.2, -0.15) is 0 Å². The average molecular weight is 292 g/mol. The predicted octanol–water partition coefficient (Wildman–Crippen LogP) is 3.34. The van der Waals surface area contributed by atoms with E-state index in [1.807, 2.05) is 0 Å². The summed E-state index contributed by atoms with van der Waals surface area (Å²) in [5.74, 6) is -4.28. The first-order valence-corrected chi connectivity index (χ1v) is 5.95. The van der Waals surface area contributed by atoms with Gasteiger partial charge in [0.2, 0.25) is 5.91 Å². The molecule has 0 atom stereocenters. The summed E-state index contributed by atoms with van der Waals surface area (Å²) in [6.45, 7) is 0. The van der Waals surface area contributed by atoms with Crippen LogP contribution in [0.2, 0.25) is 0 Å². The van der Waals surface area contributed by atoms with Crippen molar-refractivity contribution in [1.29, 1.82) is 0 Å². The Morgan fingerprint density at radius 3 is 2.29 bits per heavy atom. The summed E-state index contributed by atoms with van der Waals surface area (Å²) >= 11 is 0. The van der Waals surface area contributed by atoms with Crippen LogP contribution in [0.3, 0.4) is 0 Å². The Balaban J connectivity index is 2.08. The minimum Gasteiger partial charge on any atom is -0.399 e. The van der Waals surface area contributed by atoms with Crippen molar-refractivity contribution in [3.05, 3.63) is 65.5 Å². The normalized spacial score (nSPS) is 10.8. The number of carbonyl (C=O) groups excluding carboxylic acids is 1. The number of hydrogen-bond donors (Lipinski definition) is 2. The minimum atomic E-state index is -1.32. The van der Waals surface area contributed by atoms with E-state index in [0.29, 0.717) is 23.4 Å². The Hall–Kier alpha value is -2.76. The predicted molar refractivity (Wildman–Crippen MR) is 74.8 cm³/mol. The number of halogens is 3. The van der Waals surface area contributed by atoms with Gasteiger partial charge in [-0.1, -0.05) is 12.1 Å². The highest BCUT2D eigenvalue weighted by Gasteiger charge is 2.10. The van der Waals surface area contributed by atoms with E-state index in [2.05, 4.69) is 5.32 Å². The smallest absolute Gasteiger partial charge is 0.248 e. The fourth-order valence-electron chi connectivity index (χ4n) is 1.57. The summed E-state index contributed by atoms with van der Waals surface area (Å²) in [6, 6.07) is 7.65. The van der Waals surface area contributed by atoms with Gasteiger partial charge in [0.25, 0.3) is 0 Å². The quantitative estimate of drug-likeness (QED) is 0.518. The third-order valence-corrected chi connectivity index (χ3v) is 2.63. The Bertz CT molecular complexity index is 697. The molecule has 6 heteroatoms. The molecule has 0 radical (unpaired) electrons. The van der Waals surface area contributed by atoms with E-state index in [1.54, 1.807) is 24.3 Å². The number of nitrogens with one attached hydrogen (secondary N) is 1. The zero-order valence-electron chi connectivity index (χ0n) is 10.7. The third kappa shape index (κ3) is 3.85. The third-order valence-electron chi connectivity index (χ3n) is 2.63. The van der Waals surface area contributed by atoms with E-state index < -0.39 is 29.0 Å². The molecule has 1 amide bonds. The number of nitrogens with two attached hydrogens (primary N) is 1. The Morgan fingerprint density at radius 2 is 1.62 bits per heavy atom. The molecule has 3 N–H and O–H groups in total. The number of rotatable bonds is 3. The lowest BCUT2D eigenvalue weighted by Gasteiger charge is -2.04. The first-order chi connectivity index (χ1) is 9.95. The summed E-state index contributed by atoms with van der Waals surface area (Å²) in [5, 5.41) is 2.13. The Kier molecular flexibility index (Phi) is 4.27. The second-order valence-corrected chi connectivity index (χ2v) is 4.24. The molecule has 0 unspecified atom stereocenters. The van der Waals surface area contributed by atoms with Crippen molar-refractivity contribution in [3.63, 3.8) is 0 Å². The van der Waals surface area contributed by atoms with Gasteiger partial charge < -0.3 is 11.1 Å². The molecular formula is C15H11F3N2O. The van der Waals surface area contributed by atoms with Gasteiger partial charge >= 0.3 is 0 Å². The van der Waals surface area contributed by atoms with Crippen molar-refractivity contribution in [3.8, 4) is 0 Å². The van der Waals surface area contributed by atoms with Crippen LogP contribution in [-0.2, 0) is 4.79 Å². The maximum absolute atomic E-state index is 13.3. The van der Waals surface area contributed by atoms with Crippen LogP contribution < -0.4 is 11.1 Å². The molecule has 0 fully saturated rings. The summed E-state index contributed by atoms with van der Waals surface area (Å²) in [4.78, 5) is 11.6. The molecule has 108 valence electrons. The van der Waals surface area contributed by atoms with Crippen molar-refractivity contribution < 1.29 is 18.0 Å². The molecule has 0 saturated carbocycles. The van der Waals surface area contributed by atoms with Crippen LogP contribution >= 0.6 is 0 Å². The highest BCUT2D eigenvalue weighted by atomic mass is 19.2. The lowest BCUT2D eigenvalue weighted by Crippen LogP contribution is -2.10. The van der Waals surface area contributed by atoms with E-state index in [1.165, 1.54) is 6.08 Å². The van der Waals surface area contributed by atoms with Crippen molar-refractivity contribution in [2.45, 2.75) is 0 Å². The first kappa shape index (κ1) is 14.6. The van der Waals surface area contributed by atoms with Gasteiger partial charge in [-0.25, -0.2) is 13.2 Å². The molecule has 2 rings (SSSR count). The zero-order valence-corrected chi connectivity index (χ0v) is 10.7. The average Bonchev–Trinajstić information content (AvgIpc) is 2.44. The van der Waals surface area contributed by atoms with Gasteiger partial charge in [0, 0.05) is 23.9 Å². The van der Waals surface area contributed by atoms with Gasteiger partial charge in [0.05, 0.1) is 5.69 Å². The summed E-state index contributed by atoms with van der Waals surface area (Å²) < 4.78 is 39.1. The topological polar surface area (TPSA) is 55.1 Å². The number of hydrogen-bond acceptors (Lipinski definition) is 2. The summed E-state index contributed by atoms with van der Waals surface area (Å²) in [6.07, 6.45) is 2.62. The first-order valence-electron chi connectivity index (χ1n) is 5.95. The van der Waals surface area contributed by atoms with Gasteiger partial charge in [-0.3, -0.25) is 4.79 Å². The minimum absolute atomic E-state index is 0.370. The number of carbonyl (C=O) groups is 1. The second kappa shape index (κ2) is 6.13. The van der Waals surface area contributed by atoms with Gasteiger partial charge in [-0.15, -0.1) is 0 Å². The molecule has 0 aliphatic carbocycles. The van der Waals surface area contributed by atoms with Crippen molar-refractivity contribution in [1.82, 2.24) is 0 Å². The molecule has 0 bridgehead atoms. The Morgan fingerprint density at radius 1 is 1.00 bits per heavy atom. The highest BCUT2D eigenvalue weighted by molar-refractivity contribution is 6.02. The zero-order chi connectivity index (χ0) is 15.4. The van der Waals surface area contributed by atoms with Crippen LogP contribution in [0, 0.1) is 17.5 Å². The molecule has 21 heavy (non-hydrogen) atoms. The van der Waals surface area contributed by atoms with Gasteiger partial charge in [0.1, 0.15) is 5.82 Å². The fourth-order valence-corrected chi connectivity index (χ4v) is 1.57. The van der Waals surface area contributed by atoms with Crippen LogP contribution in [-0.4, -0.2) is 5.91 Å². The Labute approximate surface area is 118 Å². The molecule has 0 aromatic heterocycles. The largest absolute Gasteiger partial charge is 0.399 e. The molecule has 2 aromatic carbocycles. The van der Waals surface area contributed by atoms with Crippen molar-refractivity contribution in [2.75, 3.05) is 11.1 Å². The molecule has 0 spiro atoms. The molecule has 0 saturated heterocycles. The van der Waals surface area contributed by atoms with Gasteiger partial charge in [0.15, 0.2) is 11.6 Å². The van der Waals surface area contributed by atoms with Crippen LogP contribution in [0.1, 0.15) is 5.56 Å².